The Morgan fingerprint density at radius 3 is 1.26 bits per heavy atom. The van der Waals surface area contributed by atoms with E-state index in [1.165, 1.54) is 0 Å². The molecule has 1 saturated heterocycles. The highest BCUT2D eigenvalue weighted by Crippen LogP contribution is 2.52. The average Bonchev–Trinajstić information content (AvgIpc) is 2.68. The molecule has 0 aromatic heterocycles. The van der Waals surface area contributed by atoms with Crippen molar-refractivity contribution >= 4 is 16.6 Å². The number of nitrogens with two attached hydrogens (primary N) is 1. The van der Waals surface area contributed by atoms with Gasteiger partial charge in [-0.2, -0.15) is 5.06 Å². The number of hydrogen-bond acceptors (Lipinski definition) is 5. The van der Waals surface area contributed by atoms with Gasteiger partial charge in [0.05, 0.1) is 0 Å². The van der Waals surface area contributed by atoms with Crippen molar-refractivity contribution in [3.8, 4) is 0 Å². The molecular formula is C27H56N2O3Si2. The SMILES string of the molecule is CC(C)(C)[Si](C)(C)OC1CCC2(CC1)CC(N)CC1(CCC(O[Si](C)(C)C(C)(C)C)CC1)N2O. The molecule has 3 rings (SSSR count). The Bertz CT molecular complexity index is 640. The van der Waals surface area contributed by atoms with Crippen LogP contribution in [0, 0.1) is 0 Å². The van der Waals surface area contributed by atoms with Gasteiger partial charge >= 0.3 is 0 Å². The number of hydroxylamine groups is 2. The average molecular weight is 513 g/mol. The van der Waals surface area contributed by atoms with Crippen molar-refractivity contribution in [3.05, 3.63) is 0 Å². The van der Waals surface area contributed by atoms with Crippen molar-refractivity contribution < 1.29 is 14.1 Å². The predicted molar refractivity (Wildman–Crippen MR) is 147 cm³/mol. The Balaban J connectivity index is 1.65. The van der Waals surface area contributed by atoms with Crippen LogP contribution in [0.1, 0.15) is 106 Å². The zero-order valence-corrected chi connectivity index (χ0v) is 26.1. The van der Waals surface area contributed by atoms with Crippen LogP contribution in [0.15, 0.2) is 0 Å². The first-order valence-electron chi connectivity index (χ1n) is 13.9. The molecule has 0 amide bonds. The molecule has 0 atom stereocenters. The molecule has 5 nitrogen and oxygen atoms in total. The van der Waals surface area contributed by atoms with Crippen LogP contribution in [0.25, 0.3) is 0 Å². The summed E-state index contributed by atoms with van der Waals surface area (Å²) in [7, 11) is -3.55. The van der Waals surface area contributed by atoms with Crippen LogP contribution in [-0.2, 0) is 8.85 Å². The van der Waals surface area contributed by atoms with E-state index >= 15 is 0 Å². The third kappa shape index (κ3) is 5.71. The topological polar surface area (TPSA) is 68.0 Å². The van der Waals surface area contributed by atoms with E-state index in [1.807, 2.05) is 5.06 Å². The summed E-state index contributed by atoms with van der Waals surface area (Å²) >= 11 is 0. The maximum Gasteiger partial charge on any atom is 0.192 e. The second kappa shape index (κ2) is 9.52. The van der Waals surface area contributed by atoms with Crippen molar-refractivity contribution in [2.24, 2.45) is 5.73 Å². The predicted octanol–water partition coefficient (Wildman–Crippen LogP) is 7.21. The van der Waals surface area contributed by atoms with E-state index in [0.717, 1.165) is 64.2 Å². The second-order valence-corrected chi connectivity index (χ2v) is 24.6. The van der Waals surface area contributed by atoms with Crippen molar-refractivity contribution in [1.29, 1.82) is 0 Å². The van der Waals surface area contributed by atoms with Gasteiger partial charge < -0.3 is 19.8 Å². The molecule has 0 bridgehead atoms. The molecule has 1 heterocycles. The summed E-state index contributed by atoms with van der Waals surface area (Å²) in [5, 5.41) is 14.1. The molecule has 0 aromatic carbocycles. The first kappa shape index (κ1) is 28.8. The van der Waals surface area contributed by atoms with Crippen molar-refractivity contribution in [2.75, 3.05) is 0 Å². The third-order valence-corrected chi connectivity index (χ3v) is 19.5. The van der Waals surface area contributed by atoms with E-state index in [1.54, 1.807) is 0 Å². The Morgan fingerprint density at radius 2 is 1.00 bits per heavy atom. The number of piperidine rings is 1. The molecule has 3 aliphatic rings. The first-order valence-corrected chi connectivity index (χ1v) is 19.7. The Morgan fingerprint density at radius 1 is 0.706 bits per heavy atom. The molecule has 2 spiro atoms. The molecule has 1 aliphatic heterocycles. The molecule has 0 aromatic rings. The zero-order chi connectivity index (χ0) is 25.8. The van der Waals surface area contributed by atoms with Gasteiger partial charge in [-0.3, -0.25) is 0 Å². The minimum absolute atomic E-state index is 0.166. The summed E-state index contributed by atoms with van der Waals surface area (Å²) in [6.45, 7) is 23.3. The fourth-order valence-corrected chi connectivity index (χ4v) is 9.08. The zero-order valence-electron chi connectivity index (χ0n) is 24.1. The van der Waals surface area contributed by atoms with Crippen LogP contribution in [0.2, 0.25) is 36.3 Å². The summed E-state index contributed by atoms with van der Waals surface area (Å²) in [6.07, 6.45) is 10.5. The molecular weight excluding hydrogens is 456 g/mol. The van der Waals surface area contributed by atoms with Crippen LogP contribution in [-0.4, -0.2) is 56.2 Å². The van der Waals surface area contributed by atoms with E-state index in [-0.39, 0.29) is 27.2 Å². The van der Waals surface area contributed by atoms with Gasteiger partial charge in [-0.25, -0.2) is 0 Å². The van der Waals surface area contributed by atoms with Crippen molar-refractivity contribution in [3.63, 3.8) is 0 Å². The van der Waals surface area contributed by atoms with Crippen LogP contribution >= 0.6 is 0 Å². The van der Waals surface area contributed by atoms with Crippen LogP contribution in [0.4, 0.5) is 0 Å². The minimum atomic E-state index is -1.78. The van der Waals surface area contributed by atoms with Crippen molar-refractivity contribution in [1.82, 2.24) is 5.06 Å². The fourth-order valence-electron chi connectivity index (χ4n) is 6.24. The highest BCUT2D eigenvalue weighted by atomic mass is 28.4. The van der Waals surface area contributed by atoms with Gasteiger partial charge in [0.25, 0.3) is 0 Å². The smallest absolute Gasteiger partial charge is 0.192 e. The number of hydrogen-bond donors (Lipinski definition) is 2. The molecule has 200 valence electrons. The monoisotopic (exact) mass is 512 g/mol. The summed E-state index contributed by atoms with van der Waals surface area (Å²) in [6, 6.07) is 0.166. The molecule has 2 saturated carbocycles. The quantitative estimate of drug-likeness (QED) is 0.390. The van der Waals surface area contributed by atoms with E-state index in [4.69, 9.17) is 14.6 Å². The normalized spacial score (nSPS) is 36.9. The van der Waals surface area contributed by atoms with Crippen LogP contribution < -0.4 is 5.73 Å². The second-order valence-electron chi connectivity index (χ2n) is 15.1. The molecule has 3 N–H and O–H groups in total. The lowest BCUT2D eigenvalue weighted by Crippen LogP contribution is -2.68. The van der Waals surface area contributed by atoms with Crippen LogP contribution in [0.3, 0.4) is 0 Å². The third-order valence-electron chi connectivity index (χ3n) is 10.4. The van der Waals surface area contributed by atoms with E-state index < -0.39 is 16.6 Å². The largest absolute Gasteiger partial charge is 0.414 e. The maximum absolute atomic E-state index is 11.8. The molecule has 3 fully saturated rings. The number of rotatable bonds is 4. The summed E-state index contributed by atoms with van der Waals surface area (Å²) in [4.78, 5) is 0. The van der Waals surface area contributed by atoms with Crippen LogP contribution in [0.5, 0.6) is 0 Å². The standard InChI is InChI=1S/C27H56N2O3Si2/c1-24(2,3)33(7,8)31-22-11-15-26(16-12-22)19-21(28)20-27(29(26)30)17-13-23(14-18-27)32-34(9,10)25(4,5)6/h21-23,30H,11-20,28H2,1-10H3. The minimum Gasteiger partial charge on any atom is -0.414 e. The van der Waals surface area contributed by atoms with Gasteiger partial charge in [0.2, 0.25) is 0 Å². The molecule has 7 heteroatoms. The van der Waals surface area contributed by atoms with Gasteiger partial charge in [0.15, 0.2) is 16.6 Å². The van der Waals surface area contributed by atoms with Gasteiger partial charge in [-0.05, 0) is 100 Å². The highest BCUT2D eigenvalue weighted by molar-refractivity contribution is 6.74. The lowest BCUT2D eigenvalue weighted by atomic mass is 9.65. The van der Waals surface area contributed by atoms with E-state index in [2.05, 4.69) is 67.7 Å². The summed E-state index contributed by atoms with van der Waals surface area (Å²) in [5.74, 6) is 0. The maximum atomic E-state index is 11.8. The van der Waals surface area contributed by atoms with Gasteiger partial charge in [0.1, 0.15) is 0 Å². The van der Waals surface area contributed by atoms with Crippen molar-refractivity contribution in [2.45, 2.75) is 171 Å². The lowest BCUT2D eigenvalue weighted by molar-refractivity contribution is -0.284. The van der Waals surface area contributed by atoms with Gasteiger partial charge in [0, 0.05) is 29.3 Å². The number of nitrogens with zero attached hydrogens (tertiary/aromatic N) is 1. The summed E-state index contributed by atoms with van der Waals surface area (Å²) in [5.41, 5.74) is 6.34. The Labute approximate surface area is 212 Å². The molecule has 34 heavy (non-hydrogen) atoms. The first-order chi connectivity index (χ1) is 15.3. The highest BCUT2D eigenvalue weighted by Gasteiger charge is 2.56. The molecule has 2 aliphatic carbocycles. The summed E-state index contributed by atoms with van der Waals surface area (Å²) < 4.78 is 13.5. The Hall–Kier alpha value is 0.234. The van der Waals surface area contributed by atoms with Gasteiger partial charge in [-0.15, -0.1) is 0 Å². The Kier molecular flexibility index (Phi) is 8.06. The lowest BCUT2D eigenvalue weighted by Gasteiger charge is -2.60. The fraction of sp³-hybridized carbons (Fsp3) is 1.00. The van der Waals surface area contributed by atoms with E-state index in [9.17, 15) is 5.21 Å². The van der Waals surface area contributed by atoms with Gasteiger partial charge in [-0.1, -0.05) is 41.5 Å². The molecule has 0 radical (unpaired) electrons. The molecule has 0 unspecified atom stereocenters. The van der Waals surface area contributed by atoms with E-state index in [0.29, 0.717) is 12.2 Å².